The number of carbonyl (C=O) groups excluding carboxylic acids is 1. The first kappa shape index (κ1) is 18.0. The average Bonchev–Trinajstić information content (AvgIpc) is 2.75. The summed E-state index contributed by atoms with van der Waals surface area (Å²) in [7, 11) is 0. The van der Waals surface area contributed by atoms with Crippen LogP contribution in [0.1, 0.15) is 30.0 Å². The first-order valence-electron chi connectivity index (χ1n) is 9.46. The van der Waals surface area contributed by atoms with Crippen LogP contribution in [0, 0.1) is 0 Å². The van der Waals surface area contributed by atoms with Crippen LogP contribution in [0.2, 0.25) is 0 Å². The molecule has 1 N–H and O–H groups in total. The topological polar surface area (TPSA) is 83.9 Å². The molecule has 7 nitrogen and oxygen atoms in total. The lowest BCUT2D eigenvalue weighted by Crippen LogP contribution is -2.40. The maximum Gasteiger partial charge on any atom is 0.229 e. The molecular weight excluding hydrogens is 352 g/mol. The molecule has 2 aromatic heterocycles. The van der Waals surface area contributed by atoms with Gasteiger partial charge in [0, 0.05) is 37.6 Å². The highest BCUT2D eigenvalue weighted by atomic mass is 16.2. The molecule has 0 saturated carbocycles. The number of aromatic nitrogens is 4. The van der Waals surface area contributed by atoms with E-state index in [1.165, 1.54) is 0 Å². The van der Waals surface area contributed by atoms with Crippen LogP contribution in [0.5, 0.6) is 0 Å². The monoisotopic (exact) mass is 374 g/mol. The number of hydrogen-bond donors (Lipinski definition) is 1. The zero-order valence-corrected chi connectivity index (χ0v) is 15.5. The van der Waals surface area contributed by atoms with E-state index < -0.39 is 0 Å². The standard InChI is InChI=1S/C21H22N6O/c28-19(14-16-6-2-1-3-7-16)27-13-4-8-17(15-27)18-9-12-24-21(25-18)26-20-22-10-5-11-23-20/h1-3,5-7,9-12,17H,4,8,13-15H2,(H,22,23,24,25,26). The quantitative estimate of drug-likeness (QED) is 0.739. The predicted molar refractivity (Wildman–Crippen MR) is 106 cm³/mol. The minimum atomic E-state index is 0.168. The first-order chi connectivity index (χ1) is 13.8. The van der Waals surface area contributed by atoms with E-state index in [1.54, 1.807) is 24.7 Å². The molecule has 1 saturated heterocycles. The van der Waals surface area contributed by atoms with Gasteiger partial charge in [-0.1, -0.05) is 30.3 Å². The van der Waals surface area contributed by atoms with Crippen molar-refractivity contribution in [3.05, 3.63) is 72.3 Å². The summed E-state index contributed by atoms with van der Waals surface area (Å²) in [5.74, 6) is 1.30. The fourth-order valence-corrected chi connectivity index (χ4v) is 3.45. The number of hydrogen-bond acceptors (Lipinski definition) is 6. The van der Waals surface area contributed by atoms with Crippen molar-refractivity contribution >= 4 is 17.8 Å². The zero-order chi connectivity index (χ0) is 19.2. The second kappa shape index (κ2) is 8.56. The molecule has 7 heteroatoms. The molecule has 3 aromatic rings. The lowest BCUT2D eigenvalue weighted by molar-refractivity contribution is -0.131. The first-order valence-corrected chi connectivity index (χ1v) is 9.46. The third kappa shape index (κ3) is 4.49. The van der Waals surface area contributed by atoms with Gasteiger partial charge in [-0.15, -0.1) is 0 Å². The molecule has 0 radical (unpaired) electrons. The minimum Gasteiger partial charge on any atom is -0.342 e. The number of nitrogens with zero attached hydrogens (tertiary/aromatic N) is 5. The van der Waals surface area contributed by atoms with E-state index in [0.717, 1.165) is 30.6 Å². The van der Waals surface area contributed by atoms with Gasteiger partial charge in [-0.25, -0.2) is 19.9 Å². The Hall–Kier alpha value is -3.35. The van der Waals surface area contributed by atoms with E-state index in [2.05, 4.69) is 25.3 Å². The number of benzene rings is 1. The third-order valence-corrected chi connectivity index (χ3v) is 4.86. The second-order valence-corrected chi connectivity index (χ2v) is 6.84. The highest BCUT2D eigenvalue weighted by molar-refractivity contribution is 5.79. The minimum absolute atomic E-state index is 0.168. The molecule has 1 atom stereocenters. The number of anilines is 2. The second-order valence-electron chi connectivity index (χ2n) is 6.84. The molecule has 0 spiro atoms. The fourth-order valence-electron chi connectivity index (χ4n) is 3.45. The number of likely N-dealkylation sites (tertiary alicyclic amines) is 1. The number of carbonyl (C=O) groups is 1. The molecule has 4 rings (SSSR count). The van der Waals surface area contributed by atoms with Gasteiger partial charge in [0.1, 0.15) is 0 Å². The molecule has 1 aliphatic rings. The molecule has 1 aromatic carbocycles. The van der Waals surface area contributed by atoms with Gasteiger partial charge in [0.2, 0.25) is 17.8 Å². The summed E-state index contributed by atoms with van der Waals surface area (Å²) in [4.78, 5) is 31.8. The van der Waals surface area contributed by atoms with Crippen molar-refractivity contribution in [3.63, 3.8) is 0 Å². The summed E-state index contributed by atoms with van der Waals surface area (Å²) in [5, 5.41) is 3.03. The number of rotatable bonds is 5. The molecule has 1 fully saturated rings. The van der Waals surface area contributed by atoms with Gasteiger partial charge in [-0.3, -0.25) is 10.1 Å². The Morgan fingerprint density at radius 2 is 1.79 bits per heavy atom. The molecule has 0 bridgehead atoms. The van der Waals surface area contributed by atoms with E-state index in [-0.39, 0.29) is 11.8 Å². The van der Waals surface area contributed by atoms with Crippen molar-refractivity contribution in [2.45, 2.75) is 25.2 Å². The normalized spacial score (nSPS) is 16.6. The van der Waals surface area contributed by atoms with Crippen molar-refractivity contribution < 1.29 is 4.79 Å². The van der Waals surface area contributed by atoms with Gasteiger partial charge in [-0.05, 0) is 30.5 Å². The van der Waals surface area contributed by atoms with Gasteiger partial charge < -0.3 is 4.90 Å². The smallest absolute Gasteiger partial charge is 0.229 e. The van der Waals surface area contributed by atoms with Crippen LogP contribution in [-0.2, 0) is 11.2 Å². The highest BCUT2D eigenvalue weighted by Gasteiger charge is 2.26. The largest absolute Gasteiger partial charge is 0.342 e. The Balaban J connectivity index is 1.43. The summed E-state index contributed by atoms with van der Waals surface area (Å²) in [6.07, 6.45) is 7.48. The van der Waals surface area contributed by atoms with Crippen molar-refractivity contribution in [1.29, 1.82) is 0 Å². The third-order valence-electron chi connectivity index (χ3n) is 4.86. The summed E-state index contributed by atoms with van der Waals surface area (Å²) in [6.45, 7) is 1.49. The fraction of sp³-hybridized carbons (Fsp3) is 0.286. The van der Waals surface area contributed by atoms with E-state index in [1.807, 2.05) is 41.3 Å². The molecule has 1 amide bonds. The van der Waals surface area contributed by atoms with Crippen LogP contribution < -0.4 is 5.32 Å². The van der Waals surface area contributed by atoms with Gasteiger partial charge in [0.05, 0.1) is 12.1 Å². The summed E-state index contributed by atoms with van der Waals surface area (Å²) in [5.41, 5.74) is 1.98. The molecule has 142 valence electrons. The van der Waals surface area contributed by atoms with Crippen molar-refractivity contribution in [2.75, 3.05) is 18.4 Å². The summed E-state index contributed by atoms with van der Waals surface area (Å²) < 4.78 is 0. The van der Waals surface area contributed by atoms with Crippen molar-refractivity contribution in [2.24, 2.45) is 0 Å². The molecule has 3 heterocycles. The van der Waals surface area contributed by atoms with Crippen LogP contribution in [0.3, 0.4) is 0 Å². The van der Waals surface area contributed by atoms with Gasteiger partial charge in [-0.2, -0.15) is 0 Å². The van der Waals surface area contributed by atoms with Gasteiger partial charge >= 0.3 is 0 Å². The zero-order valence-electron chi connectivity index (χ0n) is 15.5. The maximum absolute atomic E-state index is 12.7. The Morgan fingerprint density at radius 1 is 1.00 bits per heavy atom. The van der Waals surface area contributed by atoms with E-state index >= 15 is 0 Å². The van der Waals surface area contributed by atoms with E-state index in [4.69, 9.17) is 0 Å². The molecular formula is C21H22N6O. The Bertz CT molecular complexity index is 918. The Morgan fingerprint density at radius 3 is 2.61 bits per heavy atom. The van der Waals surface area contributed by atoms with Gasteiger partial charge in [0.25, 0.3) is 0 Å². The SMILES string of the molecule is O=C(Cc1ccccc1)N1CCCC(c2ccnc(Nc3ncccn3)n2)C1. The van der Waals surface area contributed by atoms with Crippen LogP contribution in [0.4, 0.5) is 11.9 Å². The Kier molecular flexibility index (Phi) is 5.51. The molecule has 28 heavy (non-hydrogen) atoms. The van der Waals surface area contributed by atoms with Crippen LogP contribution in [0.15, 0.2) is 61.1 Å². The van der Waals surface area contributed by atoms with E-state index in [0.29, 0.717) is 24.9 Å². The summed E-state index contributed by atoms with van der Waals surface area (Å²) in [6, 6.07) is 13.6. The average molecular weight is 374 g/mol. The lowest BCUT2D eigenvalue weighted by Gasteiger charge is -2.32. The molecule has 0 aliphatic carbocycles. The van der Waals surface area contributed by atoms with Crippen LogP contribution in [-0.4, -0.2) is 43.8 Å². The maximum atomic E-state index is 12.7. The molecule has 1 aliphatic heterocycles. The van der Waals surface area contributed by atoms with Crippen LogP contribution >= 0.6 is 0 Å². The predicted octanol–water partition coefficient (Wildman–Crippen LogP) is 2.96. The van der Waals surface area contributed by atoms with E-state index in [9.17, 15) is 4.79 Å². The van der Waals surface area contributed by atoms with Crippen LogP contribution in [0.25, 0.3) is 0 Å². The number of nitrogens with one attached hydrogen (secondary N) is 1. The number of piperidine rings is 1. The number of amides is 1. The Labute approximate surface area is 163 Å². The van der Waals surface area contributed by atoms with Crippen molar-refractivity contribution in [3.8, 4) is 0 Å². The van der Waals surface area contributed by atoms with Crippen molar-refractivity contribution in [1.82, 2.24) is 24.8 Å². The van der Waals surface area contributed by atoms with Gasteiger partial charge in [0.15, 0.2) is 0 Å². The molecule has 1 unspecified atom stereocenters. The lowest BCUT2D eigenvalue weighted by atomic mass is 9.94. The summed E-state index contributed by atoms with van der Waals surface area (Å²) >= 11 is 0. The highest BCUT2D eigenvalue weighted by Crippen LogP contribution is 2.26.